The summed E-state index contributed by atoms with van der Waals surface area (Å²) in [6, 6.07) is 0. The number of thioether (sulfide) groups is 1. The van der Waals surface area contributed by atoms with E-state index in [0.29, 0.717) is 0 Å². The van der Waals surface area contributed by atoms with E-state index in [1.54, 1.807) is 0 Å². The van der Waals surface area contributed by atoms with Crippen molar-refractivity contribution in [3.05, 3.63) is 0 Å². The maximum absolute atomic E-state index is 5.32. The van der Waals surface area contributed by atoms with E-state index in [1.807, 2.05) is 11.8 Å². The van der Waals surface area contributed by atoms with Crippen molar-refractivity contribution in [1.29, 1.82) is 0 Å². The highest BCUT2D eigenvalue weighted by Gasteiger charge is 2.38. The first kappa shape index (κ1) is 11.3. The predicted octanol–water partition coefficient (Wildman–Crippen LogP) is 1.85. The molecule has 1 fully saturated rings. The maximum atomic E-state index is 5.32. The Morgan fingerprint density at radius 3 is 2.46 bits per heavy atom. The Balaban J connectivity index is 1.93. The van der Waals surface area contributed by atoms with Gasteiger partial charge in [-0.3, -0.25) is 0 Å². The Labute approximate surface area is 86.0 Å². The van der Waals surface area contributed by atoms with Crippen molar-refractivity contribution >= 4 is 11.8 Å². The SMILES string of the molecule is CCN(CC)CCSCC1(C)CO1. The molecule has 0 aromatic carbocycles. The summed E-state index contributed by atoms with van der Waals surface area (Å²) in [6.07, 6.45) is 0. The molecule has 1 rings (SSSR count). The topological polar surface area (TPSA) is 15.8 Å². The molecule has 1 saturated heterocycles. The van der Waals surface area contributed by atoms with Crippen molar-refractivity contribution in [2.45, 2.75) is 26.4 Å². The largest absolute Gasteiger partial charge is 0.369 e. The Morgan fingerprint density at radius 2 is 2.00 bits per heavy atom. The van der Waals surface area contributed by atoms with Crippen LogP contribution in [-0.2, 0) is 4.74 Å². The summed E-state index contributed by atoms with van der Waals surface area (Å²) in [5.41, 5.74) is 0.230. The highest BCUT2D eigenvalue weighted by molar-refractivity contribution is 7.99. The van der Waals surface area contributed by atoms with Crippen LogP contribution in [0.4, 0.5) is 0 Å². The highest BCUT2D eigenvalue weighted by atomic mass is 32.2. The third-order valence-corrected chi connectivity index (χ3v) is 3.78. The van der Waals surface area contributed by atoms with Crippen LogP contribution in [0.2, 0.25) is 0 Å². The van der Waals surface area contributed by atoms with Crippen molar-refractivity contribution in [1.82, 2.24) is 4.90 Å². The van der Waals surface area contributed by atoms with Gasteiger partial charge < -0.3 is 9.64 Å². The van der Waals surface area contributed by atoms with Crippen LogP contribution in [-0.4, -0.2) is 48.2 Å². The molecule has 78 valence electrons. The monoisotopic (exact) mass is 203 g/mol. The van der Waals surface area contributed by atoms with E-state index in [4.69, 9.17) is 4.74 Å². The standard InChI is InChI=1S/C10H21NOS/c1-4-11(5-2)6-7-13-9-10(3)8-12-10/h4-9H2,1-3H3. The zero-order chi connectivity index (χ0) is 9.73. The number of nitrogens with zero attached hydrogens (tertiary/aromatic N) is 1. The van der Waals surface area contributed by atoms with Crippen molar-refractivity contribution in [3.63, 3.8) is 0 Å². The molecule has 0 bridgehead atoms. The molecular formula is C10H21NOS. The van der Waals surface area contributed by atoms with Crippen LogP contribution in [0, 0.1) is 0 Å². The molecule has 3 heteroatoms. The lowest BCUT2D eigenvalue weighted by atomic mass is 10.3. The molecule has 0 amide bonds. The van der Waals surface area contributed by atoms with Gasteiger partial charge in [-0.1, -0.05) is 13.8 Å². The third kappa shape index (κ3) is 4.34. The molecule has 0 saturated carbocycles. The van der Waals surface area contributed by atoms with E-state index in [1.165, 1.54) is 25.4 Å². The smallest absolute Gasteiger partial charge is 0.0978 e. The van der Waals surface area contributed by atoms with E-state index in [9.17, 15) is 0 Å². The zero-order valence-electron chi connectivity index (χ0n) is 9.01. The molecule has 0 aromatic heterocycles. The lowest BCUT2D eigenvalue weighted by molar-refractivity contribution is 0.323. The van der Waals surface area contributed by atoms with Gasteiger partial charge in [0, 0.05) is 18.1 Å². The normalized spacial score (nSPS) is 26.8. The van der Waals surface area contributed by atoms with Crippen molar-refractivity contribution in [2.75, 3.05) is 37.7 Å². The van der Waals surface area contributed by atoms with E-state index in [2.05, 4.69) is 25.7 Å². The fourth-order valence-electron chi connectivity index (χ4n) is 1.23. The molecule has 1 aliphatic rings. The minimum Gasteiger partial charge on any atom is -0.369 e. The molecule has 2 nitrogen and oxygen atoms in total. The summed E-state index contributed by atoms with van der Waals surface area (Å²) < 4.78 is 5.32. The molecule has 13 heavy (non-hydrogen) atoms. The fraction of sp³-hybridized carbons (Fsp3) is 1.00. The van der Waals surface area contributed by atoms with Crippen LogP contribution in [0.25, 0.3) is 0 Å². The molecule has 0 radical (unpaired) electrons. The first-order valence-corrected chi connectivity index (χ1v) is 6.29. The fourth-order valence-corrected chi connectivity index (χ4v) is 2.36. The van der Waals surface area contributed by atoms with Gasteiger partial charge in [0.2, 0.25) is 0 Å². The van der Waals surface area contributed by atoms with Gasteiger partial charge in [-0.15, -0.1) is 0 Å². The van der Waals surface area contributed by atoms with Crippen LogP contribution < -0.4 is 0 Å². The maximum Gasteiger partial charge on any atom is 0.0978 e. The summed E-state index contributed by atoms with van der Waals surface area (Å²) >= 11 is 2.02. The van der Waals surface area contributed by atoms with Gasteiger partial charge in [-0.2, -0.15) is 11.8 Å². The molecule has 0 aliphatic carbocycles. The second kappa shape index (κ2) is 5.23. The number of ether oxygens (including phenoxy) is 1. The quantitative estimate of drug-likeness (QED) is 0.464. The van der Waals surface area contributed by atoms with Crippen LogP contribution in [0.15, 0.2) is 0 Å². The number of hydrogen-bond donors (Lipinski definition) is 0. The van der Waals surface area contributed by atoms with Gasteiger partial charge in [0.25, 0.3) is 0 Å². The average molecular weight is 203 g/mol. The van der Waals surface area contributed by atoms with E-state index in [-0.39, 0.29) is 5.60 Å². The van der Waals surface area contributed by atoms with Crippen molar-refractivity contribution < 1.29 is 4.74 Å². The first-order chi connectivity index (χ1) is 6.20. The van der Waals surface area contributed by atoms with Gasteiger partial charge in [-0.25, -0.2) is 0 Å². The Hall–Kier alpha value is 0.270. The average Bonchev–Trinajstić information content (AvgIpc) is 2.85. The van der Waals surface area contributed by atoms with Gasteiger partial charge in [-0.05, 0) is 20.0 Å². The first-order valence-electron chi connectivity index (χ1n) is 5.14. The summed E-state index contributed by atoms with van der Waals surface area (Å²) in [4.78, 5) is 2.46. The van der Waals surface area contributed by atoms with Gasteiger partial charge >= 0.3 is 0 Å². The van der Waals surface area contributed by atoms with Crippen molar-refractivity contribution in [2.24, 2.45) is 0 Å². The molecule has 0 N–H and O–H groups in total. The van der Waals surface area contributed by atoms with E-state index in [0.717, 1.165) is 12.4 Å². The summed E-state index contributed by atoms with van der Waals surface area (Å²) in [6.45, 7) is 11.2. The number of rotatable bonds is 7. The third-order valence-electron chi connectivity index (χ3n) is 2.49. The summed E-state index contributed by atoms with van der Waals surface area (Å²) in [7, 11) is 0. The Kier molecular flexibility index (Phi) is 4.56. The lowest BCUT2D eigenvalue weighted by Crippen LogP contribution is -2.25. The number of epoxide rings is 1. The predicted molar refractivity (Wildman–Crippen MR) is 59.5 cm³/mol. The van der Waals surface area contributed by atoms with Crippen LogP contribution in [0.1, 0.15) is 20.8 Å². The summed E-state index contributed by atoms with van der Waals surface area (Å²) in [5, 5.41) is 0. The zero-order valence-corrected chi connectivity index (χ0v) is 9.82. The molecule has 0 aromatic rings. The highest BCUT2D eigenvalue weighted by Crippen LogP contribution is 2.29. The molecule has 1 atom stereocenters. The second-order valence-electron chi connectivity index (χ2n) is 3.82. The molecule has 1 unspecified atom stereocenters. The van der Waals surface area contributed by atoms with Crippen molar-refractivity contribution in [3.8, 4) is 0 Å². The minimum absolute atomic E-state index is 0.230. The van der Waals surface area contributed by atoms with Gasteiger partial charge in [0.05, 0.1) is 12.2 Å². The second-order valence-corrected chi connectivity index (χ2v) is 4.92. The van der Waals surface area contributed by atoms with Gasteiger partial charge in [0.15, 0.2) is 0 Å². The van der Waals surface area contributed by atoms with Crippen LogP contribution >= 0.6 is 11.8 Å². The Bertz CT molecular complexity index is 144. The van der Waals surface area contributed by atoms with Gasteiger partial charge in [0.1, 0.15) is 0 Å². The van der Waals surface area contributed by atoms with Crippen LogP contribution in [0.5, 0.6) is 0 Å². The number of hydrogen-bond acceptors (Lipinski definition) is 3. The summed E-state index contributed by atoms with van der Waals surface area (Å²) in [5.74, 6) is 2.40. The Morgan fingerprint density at radius 1 is 1.38 bits per heavy atom. The van der Waals surface area contributed by atoms with Crippen LogP contribution in [0.3, 0.4) is 0 Å². The molecular weight excluding hydrogens is 182 g/mol. The lowest BCUT2D eigenvalue weighted by Gasteiger charge is -2.17. The molecule has 1 aliphatic heterocycles. The molecule has 1 heterocycles. The van der Waals surface area contributed by atoms with E-state index < -0.39 is 0 Å². The van der Waals surface area contributed by atoms with E-state index >= 15 is 0 Å². The molecule has 0 spiro atoms. The minimum atomic E-state index is 0.230.